The van der Waals surface area contributed by atoms with Gasteiger partial charge < -0.3 is 4.74 Å². The van der Waals surface area contributed by atoms with Gasteiger partial charge in [0.05, 0.1) is 24.6 Å². The number of quaternary nitrogens is 1. The molecule has 154 valence electrons. The van der Waals surface area contributed by atoms with Crippen molar-refractivity contribution in [3.63, 3.8) is 0 Å². The first kappa shape index (κ1) is 21.2. The summed E-state index contributed by atoms with van der Waals surface area (Å²) < 4.78 is 29.3. The molecular formula is C20H19N4O5S+. The predicted molar refractivity (Wildman–Crippen MR) is 110 cm³/mol. The summed E-state index contributed by atoms with van der Waals surface area (Å²) in [7, 11) is -1.39. The highest BCUT2D eigenvalue weighted by Gasteiger charge is 2.36. The van der Waals surface area contributed by atoms with E-state index in [1.807, 2.05) is 5.92 Å². The normalized spacial score (nSPS) is 13.3. The molecule has 0 radical (unpaired) electrons. The van der Waals surface area contributed by atoms with E-state index in [0.29, 0.717) is 17.0 Å². The number of rotatable bonds is 5. The summed E-state index contributed by atoms with van der Waals surface area (Å²) in [5.41, 5.74) is 1.16. The highest BCUT2D eigenvalue weighted by atomic mass is 32.2. The summed E-state index contributed by atoms with van der Waals surface area (Å²) in [6.07, 6.45) is 5.16. The highest BCUT2D eigenvalue weighted by Crippen LogP contribution is 2.32. The van der Waals surface area contributed by atoms with Gasteiger partial charge in [-0.15, -0.1) is 11.5 Å². The number of sulfonamides is 1. The number of nitrogens with two attached hydrogens (primary N) is 1. The Labute approximate surface area is 173 Å². The van der Waals surface area contributed by atoms with Crippen LogP contribution < -0.4 is 14.5 Å². The summed E-state index contributed by atoms with van der Waals surface area (Å²) in [5, 5.41) is 20.3. The Morgan fingerprint density at radius 3 is 2.43 bits per heavy atom. The van der Waals surface area contributed by atoms with Crippen LogP contribution in [0.15, 0.2) is 59.5 Å². The average molecular weight is 427 g/mol. The van der Waals surface area contributed by atoms with Crippen LogP contribution in [0.4, 0.5) is 5.82 Å². The van der Waals surface area contributed by atoms with Crippen molar-refractivity contribution in [1.29, 1.82) is 0 Å². The fraction of sp³-hybridized carbons (Fsp3) is 0.100. The zero-order chi connectivity index (χ0) is 22.1. The molecule has 1 aromatic heterocycles. The van der Waals surface area contributed by atoms with Gasteiger partial charge in [0, 0.05) is 11.5 Å². The number of aromatic nitrogens is 2. The third-order valence-corrected chi connectivity index (χ3v) is 5.41. The second-order valence-electron chi connectivity index (χ2n) is 6.45. The maximum absolute atomic E-state index is 12.1. The number of hydroxylamine groups is 2. The van der Waals surface area contributed by atoms with Gasteiger partial charge in [-0.1, -0.05) is 16.8 Å². The summed E-state index contributed by atoms with van der Waals surface area (Å²) in [6, 6.07) is 14.3. The van der Waals surface area contributed by atoms with E-state index in [0.717, 1.165) is 7.05 Å². The van der Waals surface area contributed by atoms with Gasteiger partial charge in [-0.3, -0.25) is 0 Å². The zero-order valence-corrected chi connectivity index (χ0v) is 17.0. The SMILES string of the molecule is C#CC(=O)[N+](C)(O)c1cc(-c2ccc(OC)cc2)n(-c2ccccc2S(N)(=O)=O)n1. The Morgan fingerprint density at radius 2 is 1.87 bits per heavy atom. The summed E-state index contributed by atoms with van der Waals surface area (Å²) in [4.78, 5) is 11.9. The standard InChI is InChI=1S/C20H19N4O5S/c1-4-20(25)24(2,26)19-13-17(14-9-11-15(29-3)12-10-14)23(22-19)16-7-5-6-8-18(16)30(21,27)28/h1,5-13,26H,2-3H3,(H2,21,27,28)/q+1. The fourth-order valence-corrected chi connectivity index (χ4v) is 3.55. The van der Waals surface area contributed by atoms with Crippen LogP contribution in [0.2, 0.25) is 0 Å². The summed E-state index contributed by atoms with van der Waals surface area (Å²) in [5.74, 6) is 1.43. The molecule has 1 amide bonds. The number of methoxy groups -OCH3 is 1. The molecule has 30 heavy (non-hydrogen) atoms. The minimum atomic E-state index is -4.09. The van der Waals surface area contributed by atoms with E-state index in [-0.39, 0.29) is 16.4 Å². The molecule has 0 bridgehead atoms. The first-order chi connectivity index (χ1) is 14.1. The van der Waals surface area contributed by atoms with Crippen molar-refractivity contribution in [1.82, 2.24) is 14.4 Å². The van der Waals surface area contributed by atoms with Crippen molar-refractivity contribution in [3.8, 4) is 35.0 Å². The van der Waals surface area contributed by atoms with E-state index in [9.17, 15) is 18.4 Å². The minimum absolute atomic E-state index is 0.104. The molecule has 1 atom stereocenters. The van der Waals surface area contributed by atoms with Crippen LogP contribution in [0, 0.1) is 12.3 Å². The number of hydrogen-bond acceptors (Lipinski definition) is 6. The monoisotopic (exact) mass is 427 g/mol. The van der Waals surface area contributed by atoms with Crippen molar-refractivity contribution in [2.45, 2.75) is 4.90 Å². The molecule has 9 nitrogen and oxygen atoms in total. The van der Waals surface area contributed by atoms with Crippen LogP contribution in [-0.4, -0.2) is 43.5 Å². The number of primary sulfonamides is 1. The minimum Gasteiger partial charge on any atom is -0.497 e. The smallest absolute Gasteiger partial charge is 0.429 e. The molecule has 10 heteroatoms. The van der Waals surface area contributed by atoms with Crippen LogP contribution in [0.5, 0.6) is 5.75 Å². The summed E-state index contributed by atoms with van der Waals surface area (Å²) >= 11 is 0. The zero-order valence-electron chi connectivity index (χ0n) is 16.2. The molecular weight excluding hydrogens is 408 g/mol. The van der Waals surface area contributed by atoms with E-state index in [1.54, 1.807) is 30.3 Å². The molecule has 0 saturated carbocycles. The lowest BCUT2D eigenvalue weighted by atomic mass is 10.1. The van der Waals surface area contributed by atoms with E-state index < -0.39 is 20.6 Å². The third kappa shape index (κ3) is 3.83. The van der Waals surface area contributed by atoms with Crippen molar-refractivity contribution in [2.75, 3.05) is 14.2 Å². The molecule has 2 aromatic carbocycles. The molecule has 3 aromatic rings. The molecule has 1 heterocycles. The Hall–Kier alpha value is -3.49. The molecule has 3 N–H and O–H groups in total. The maximum atomic E-state index is 12.1. The van der Waals surface area contributed by atoms with E-state index in [2.05, 4.69) is 5.10 Å². The number of benzene rings is 2. The van der Waals surface area contributed by atoms with Crippen LogP contribution in [0.3, 0.4) is 0 Å². The van der Waals surface area contributed by atoms with Crippen LogP contribution in [0.25, 0.3) is 16.9 Å². The largest absolute Gasteiger partial charge is 0.497 e. The molecule has 0 aliphatic heterocycles. The van der Waals surface area contributed by atoms with Crippen LogP contribution in [0.1, 0.15) is 0 Å². The molecule has 0 aliphatic rings. The van der Waals surface area contributed by atoms with E-state index in [4.69, 9.17) is 16.3 Å². The van der Waals surface area contributed by atoms with Gasteiger partial charge in [-0.25, -0.2) is 28.2 Å². The number of carbonyl (C=O) groups is 1. The lowest BCUT2D eigenvalue weighted by Gasteiger charge is -2.15. The topological polar surface area (TPSA) is 125 Å². The van der Waals surface area contributed by atoms with Crippen molar-refractivity contribution >= 4 is 21.7 Å². The highest BCUT2D eigenvalue weighted by molar-refractivity contribution is 7.89. The number of nitrogens with zero attached hydrogens (tertiary/aromatic N) is 3. The fourth-order valence-electron chi connectivity index (χ4n) is 2.83. The second-order valence-corrected chi connectivity index (χ2v) is 7.98. The van der Waals surface area contributed by atoms with Crippen LogP contribution in [-0.2, 0) is 14.8 Å². The lowest BCUT2D eigenvalue weighted by molar-refractivity contribution is -0.149. The van der Waals surface area contributed by atoms with Gasteiger partial charge in [0.15, 0.2) is 0 Å². The maximum Gasteiger partial charge on any atom is 0.429 e. The first-order valence-corrected chi connectivity index (χ1v) is 10.1. The lowest BCUT2D eigenvalue weighted by Crippen LogP contribution is -2.47. The number of amides is 1. The molecule has 0 fully saturated rings. The van der Waals surface area contributed by atoms with E-state index in [1.165, 1.54) is 36.1 Å². The number of para-hydroxylation sites is 1. The van der Waals surface area contributed by atoms with Gasteiger partial charge in [0.1, 0.15) is 17.7 Å². The van der Waals surface area contributed by atoms with Crippen molar-refractivity contribution < 1.29 is 23.2 Å². The van der Waals surface area contributed by atoms with Gasteiger partial charge in [0.2, 0.25) is 10.0 Å². The average Bonchev–Trinajstić information content (AvgIpc) is 3.18. The molecule has 3 rings (SSSR count). The van der Waals surface area contributed by atoms with E-state index >= 15 is 0 Å². The summed E-state index contributed by atoms with van der Waals surface area (Å²) in [6.45, 7) is 0. The quantitative estimate of drug-likeness (QED) is 0.276. The van der Waals surface area contributed by atoms with Crippen molar-refractivity contribution in [2.24, 2.45) is 5.14 Å². The predicted octanol–water partition coefficient (Wildman–Crippen LogP) is 1.68. The Bertz CT molecular complexity index is 1260. The first-order valence-electron chi connectivity index (χ1n) is 8.57. The van der Waals surface area contributed by atoms with Crippen molar-refractivity contribution in [3.05, 3.63) is 54.6 Å². The number of carbonyl (C=O) groups excluding carboxylic acids is 1. The Kier molecular flexibility index (Phi) is 5.47. The van der Waals surface area contributed by atoms with Gasteiger partial charge >= 0.3 is 5.91 Å². The molecule has 1 unspecified atom stereocenters. The van der Waals surface area contributed by atoms with Crippen LogP contribution >= 0.6 is 0 Å². The Morgan fingerprint density at radius 1 is 1.23 bits per heavy atom. The second kappa shape index (κ2) is 7.74. The molecule has 0 aliphatic carbocycles. The number of ether oxygens (including phenoxy) is 1. The molecule has 0 spiro atoms. The number of terminal acetylenes is 1. The molecule has 0 saturated heterocycles. The van der Waals surface area contributed by atoms with Gasteiger partial charge in [-0.05, 0) is 36.4 Å². The van der Waals surface area contributed by atoms with Gasteiger partial charge in [0.25, 0.3) is 5.82 Å². The number of hydrogen-bond donors (Lipinski definition) is 2. The van der Waals surface area contributed by atoms with Gasteiger partial charge in [-0.2, -0.15) is 0 Å². The Balaban J connectivity index is 2.32. The third-order valence-electron chi connectivity index (χ3n) is 4.45.